The first-order chi connectivity index (χ1) is 16.3. The van der Waals surface area contributed by atoms with Crippen LogP contribution in [0.1, 0.15) is 28.1 Å². The van der Waals surface area contributed by atoms with Crippen LogP contribution in [-0.4, -0.2) is 51.2 Å². The highest BCUT2D eigenvalue weighted by Crippen LogP contribution is 2.25. The topological polar surface area (TPSA) is 54.3 Å². The first-order valence-corrected chi connectivity index (χ1v) is 12.3. The van der Waals surface area contributed by atoms with Crippen LogP contribution >= 0.6 is 11.3 Å². The van der Waals surface area contributed by atoms with Gasteiger partial charge in [-0.15, -0.1) is 16.4 Å². The normalized spacial score (nSPS) is 14.9. The van der Waals surface area contributed by atoms with Gasteiger partial charge in [-0.1, -0.05) is 54.6 Å². The van der Waals surface area contributed by atoms with E-state index >= 15 is 0 Å². The van der Waals surface area contributed by atoms with Crippen molar-refractivity contribution >= 4 is 23.2 Å². The molecule has 4 aromatic rings. The molecule has 0 aliphatic carbocycles. The molecule has 3 heterocycles. The van der Waals surface area contributed by atoms with Crippen LogP contribution < -0.4 is 4.90 Å². The standard InChI is InChI=1S/C26H27N5OS/c32-25(24-12-7-19-33-24)31(26-27-20-30(28-26)22-10-5-2-6-11-22)23-14-17-29(18-15-23)16-13-21-8-3-1-4-9-21/h1-12,19-20,23H,13-18H2. The average Bonchev–Trinajstić information content (AvgIpc) is 3.58. The molecule has 6 nitrogen and oxygen atoms in total. The highest BCUT2D eigenvalue weighted by molar-refractivity contribution is 7.12. The third-order valence-corrected chi connectivity index (χ3v) is 7.01. The Balaban J connectivity index is 1.31. The summed E-state index contributed by atoms with van der Waals surface area (Å²) in [7, 11) is 0. The summed E-state index contributed by atoms with van der Waals surface area (Å²) in [5.74, 6) is 0.457. The molecular formula is C26H27N5OS. The fourth-order valence-corrected chi connectivity index (χ4v) is 5.00. The van der Waals surface area contributed by atoms with E-state index in [1.807, 2.05) is 52.7 Å². The molecule has 7 heteroatoms. The predicted octanol–water partition coefficient (Wildman–Crippen LogP) is 4.68. The van der Waals surface area contributed by atoms with Gasteiger partial charge in [0.25, 0.3) is 11.9 Å². The number of aromatic nitrogens is 3. The zero-order chi connectivity index (χ0) is 22.5. The van der Waals surface area contributed by atoms with Gasteiger partial charge in [-0.3, -0.25) is 9.69 Å². The minimum Gasteiger partial charge on any atom is -0.303 e. The second-order valence-corrected chi connectivity index (χ2v) is 9.23. The zero-order valence-corrected chi connectivity index (χ0v) is 19.3. The second-order valence-electron chi connectivity index (χ2n) is 8.29. The van der Waals surface area contributed by atoms with E-state index in [9.17, 15) is 4.79 Å². The van der Waals surface area contributed by atoms with Gasteiger partial charge in [-0.25, -0.2) is 4.68 Å². The summed E-state index contributed by atoms with van der Waals surface area (Å²) in [4.78, 5) is 23.1. The van der Waals surface area contributed by atoms with Crippen LogP contribution in [-0.2, 0) is 6.42 Å². The van der Waals surface area contributed by atoms with Gasteiger partial charge in [0, 0.05) is 25.7 Å². The number of amides is 1. The molecule has 2 aromatic heterocycles. The lowest BCUT2D eigenvalue weighted by Crippen LogP contribution is -2.48. The van der Waals surface area contributed by atoms with Gasteiger partial charge < -0.3 is 4.90 Å². The van der Waals surface area contributed by atoms with Crippen molar-refractivity contribution < 1.29 is 4.79 Å². The smallest absolute Gasteiger partial charge is 0.271 e. The molecule has 1 amide bonds. The Morgan fingerprint density at radius 1 is 0.970 bits per heavy atom. The van der Waals surface area contributed by atoms with Crippen LogP contribution in [0.25, 0.3) is 5.69 Å². The Kier molecular flexibility index (Phi) is 6.60. The Hall–Kier alpha value is -3.29. The first kappa shape index (κ1) is 21.6. The molecule has 0 radical (unpaired) electrons. The first-order valence-electron chi connectivity index (χ1n) is 11.4. The number of hydrogen-bond acceptors (Lipinski definition) is 5. The molecule has 1 aliphatic heterocycles. The van der Waals surface area contributed by atoms with Gasteiger partial charge >= 0.3 is 0 Å². The molecule has 0 saturated carbocycles. The van der Waals surface area contributed by atoms with Crippen LogP contribution in [0.3, 0.4) is 0 Å². The molecule has 1 saturated heterocycles. The van der Waals surface area contributed by atoms with E-state index in [1.54, 1.807) is 11.0 Å². The van der Waals surface area contributed by atoms with Gasteiger partial charge in [0.2, 0.25) is 0 Å². The van der Waals surface area contributed by atoms with E-state index in [0.717, 1.165) is 49.5 Å². The third-order valence-electron chi connectivity index (χ3n) is 6.15. The summed E-state index contributed by atoms with van der Waals surface area (Å²) in [6, 6.07) is 24.4. The minimum absolute atomic E-state index is 0.0152. The number of carbonyl (C=O) groups excluding carboxylic acids is 1. The monoisotopic (exact) mass is 457 g/mol. The van der Waals surface area contributed by atoms with E-state index in [-0.39, 0.29) is 11.9 Å². The van der Waals surface area contributed by atoms with E-state index in [4.69, 9.17) is 0 Å². The summed E-state index contributed by atoms with van der Waals surface area (Å²) >= 11 is 1.46. The zero-order valence-electron chi connectivity index (χ0n) is 18.5. The molecule has 2 aromatic carbocycles. The fourth-order valence-electron chi connectivity index (χ4n) is 4.34. The van der Waals surface area contributed by atoms with E-state index in [1.165, 1.54) is 16.9 Å². The molecular weight excluding hydrogens is 430 g/mol. The van der Waals surface area contributed by atoms with Crippen molar-refractivity contribution in [3.8, 4) is 5.69 Å². The Morgan fingerprint density at radius 2 is 1.70 bits per heavy atom. The number of thiophene rings is 1. The molecule has 0 atom stereocenters. The average molecular weight is 458 g/mol. The maximum Gasteiger partial charge on any atom is 0.271 e. The number of rotatable bonds is 7. The number of benzene rings is 2. The molecule has 33 heavy (non-hydrogen) atoms. The van der Waals surface area contributed by atoms with E-state index < -0.39 is 0 Å². The number of para-hydroxylation sites is 1. The molecule has 1 aliphatic rings. The van der Waals surface area contributed by atoms with Gasteiger partial charge in [0.05, 0.1) is 10.6 Å². The Labute approximate surface area is 198 Å². The fraction of sp³-hybridized carbons (Fsp3) is 0.269. The number of hydrogen-bond donors (Lipinski definition) is 0. The molecule has 0 unspecified atom stereocenters. The second kappa shape index (κ2) is 10.1. The summed E-state index contributed by atoms with van der Waals surface area (Å²) in [5, 5.41) is 6.62. The van der Waals surface area contributed by atoms with Crippen molar-refractivity contribution in [2.45, 2.75) is 25.3 Å². The quantitative estimate of drug-likeness (QED) is 0.404. The van der Waals surface area contributed by atoms with Crippen LogP contribution in [0, 0.1) is 0 Å². The minimum atomic E-state index is -0.0152. The summed E-state index contributed by atoms with van der Waals surface area (Å²) < 4.78 is 1.74. The van der Waals surface area contributed by atoms with Crippen LogP contribution in [0.2, 0.25) is 0 Å². The molecule has 5 rings (SSSR count). The SMILES string of the molecule is O=C(c1cccs1)N(c1ncn(-c2ccccc2)n1)C1CCN(CCc2ccccc2)CC1. The van der Waals surface area contributed by atoms with Crippen molar-refractivity contribution in [1.29, 1.82) is 0 Å². The van der Waals surface area contributed by atoms with Gasteiger partial charge in [0.15, 0.2) is 0 Å². The van der Waals surface area contributed by atoms with Gasteiger partial charge in [0.1, 0.15) is 6.33 Å². The van der Waals surface area contributed by atoms with Crippen molar-refractivity contribution in [3.05, 3.63) is 94.9 Å². The summed E-state index contributed by atoms with van der Waals surface area (Å²) in [5.41, 5.74) is 2.29. The molecule has 0 bridgehead atoms. The van der Waals surface area contributed by atoms with Crippen LogP contribution in [0.15, 0.2) is 84.5 Å². The van der Waals surface area contributed by atoms with E-state index in [0.29, 0.717) is 5.95 Å². The lowest BCUT2D eigenvalue weighted by Gasteiger charge is -2.37. The van der Waals surface area contributed by atoms with Crippen LogP contribution in [0.4, 0.5) is 5.95 Å². The molecule has 0 N–H and O–H groups in total. The molecule has 0 spiro atoms. The number of piperidine rings is 1. The number of carbonyl (C=O) groups is 1. The van der Waals surface area contributed by atoms with Gasteiger partial charge in [-0.05, 0) is 48.4 Å². The third kappa shape index (κ3) is 5.05. The number of nitrogens with zero attached hydrogens (tertiary/aromatic N) is 5. The summed E-state index contributed by atoms with van der Waals surface area (Å²) in [6.45, 7) is 2.96. The van der Waals surface area contributed by atoms with E-state index in [2.05, 4.69) is 45.3 Å². The Morgan fingerprint density at radius 3 is 2.39 bits per heavy atom. The highest BCUT2D eigenvalue weighted by atomic mass is 32.1. The highest BCUT2D eigenvalue weighted by Gasteiger charge is 2.32. The van der Waals surface area contributed by atoms with Crippen molar-refractivity contribution in [1.82, 2.24) is 19.7 Å². The maximum atomic E-state index is 13.5. The number of likely N-dealkylation sites (tertiary alicyclic amines) is 1. The maximum absolute atomic E-state index is 13.5. The van der Waals surface area contributed by atoms with Crippen molar-refractivity contribution in [2.75, 3.05) is 24.5 Å². The molecule has 1 fully saturated rings. The number of anilines is 1. The Bertz CT molecular complexity index is 1150. The largest absolute Gasteiger partial charge is 0.303 e. The lowest BCUT2D eigenvalue weighted by molar-refractivity contribution is 0.0962. The predicted molar refractivity (Wildman–Crippen MR) is 132 cm³/mol. The van der Waals surface area contributed by atoms with Crippen molar-refractivity contribution in [3.63, 3.8) is 0 Å². The molecule has 168 valence electrons. The van der Waals surface area contributed by atoms with Gasteiger partial charge in [-0.2, -0.15) is 4.98 Å². The lowest BCUT2D eigenvalue weighted by atomic mass is 10.0. The van der Waals surface area contributed by atoms with Crippen LogP contribution in [0.5, 0.6) is 0 Å². The van der Waals surface area contributed by atoms with Crippen molar-refractivity contribution in [2.24, 2.45) is 0 Å². The summed E-state index contributed by atoms with van der Waals surface area (Å²) in [6.07, 6.45) is 4.55.